The van der Waals surface area contributed by atoms with E-state index < -0.39 is 5.91 Å². The first-order chi connectivity index (χ1) is 11.9. The number of aryl methyl sites for hydroxylation is 1. The lowest BCUT2D eigenvalue weighted by Crippen LogP contribution is -2.20. The number of amides is 3. The fourth-order valence-electron chi connectivity index (χ4n) is 2.09. The van der Waals surface area contributed by atoms with Crippen molar-refractivity contribution in [2.45, 2.75) is 6.92 Å². The molecule has 0 fully saturated rings. The summed E-state index contributed by atoms with van der Waals surface area (Å²) >= 11 is 0. The van der Waals surface area contributed by atoms with Crippen LogP contribution in [0.1, 0.15) is 26.3 Å². The summed E-state index contributed by atoms with van der Waals surface area (Å²) in [7, 11) is 1.54. The van der Waals surface area contributed by atoms with Gasteiger partial charge in [0.25, 0.3) is 17.7 Å². The van der Waals surface area contributed by atoms with E-state index >= 15 is 0 Å². The minimum atomic E-state index is -0.576. The molecule has 0 atom stereocenters. The lowest BCUT2D eigenvalue weighted by atomic mass is 10.1. The fourth-order valence-corrected chi connectivity index (χ4v) is 2.09. The summed E-state index contributed by atoms with van der Waals surface area (Å²) in [6.45, 7) is 1.61. The number of ether oxygens (including phenoxy) is 1. The SMILES string of the molecule is CNC(=O)c1ccc(C)c(NC(=O)c2ccc(OCC(N)=O)cc2)c1. The van der Waals surface area contributed by atoms with Gasteiger partial charge in [0.05, 0.1) is 0 Å². The van der Waals surface area contributed by atoms with Crippen molar-refractivity contribution in [1.82, 2.24) is 5.32 Å². The molecule has 4 N–H and O–H groups in total. The number of rotatable bonds is 6. The van der Waals surface area contributed by atoms with Gasteiger partial charge in [-0.15, -0.1) is 0 Å². The van der Waals surface area contributed by atoms with Gasteiger partial charge in [-0.2, -0.15) is 0 Å². The van der Waals surface area contributed by atoms with Crippen LogP contribution in [-0.2, 0) is 4.79 Å². The second-order valence-electron chi connectivity index (χ2n) is 5.34. The lowest BCUT2D eigenvalue weighted by molar-refractivity contribution is -0.119. The average molecular weight is 341 g/mol. The Balaban J connectivity index is 2.11. The summed E-state index contributed by atoms with van der Waals surface area (Å²) in [5, 5.41) is 5.32. The van der Waals surface area contributed by atoms with Crippen LogP contribution in [0.2, 0.25) is 0 Å². The monoisotopic (exact) mass is 341 g/mol. The third-order valence-electron chi connectivity index (χ3n) is 3.47. The van der Waals surface area contributed by atoms with E-state index in [-0.39, 0.29) is 18.4 Å². The van der Waals surface area contributed by atoms with Gasteiger partial charge in [0.2, 0.25) is 0 Å². The van der Waals surface area contributed by atoms with Gasteiger partial charge in [-0.1, -0.05) is 6.07 Å². The molecule has 7 nitrogen and oxygen atoms in total. The molecular formula is C18H19N3O4. The predicted molar refractivity (Wildman–Crippen MR) is 93.7 cm³/mol. The van der Waals surface area contributed by atoms with Crippen LogP contribution in [0, 0.1) is 6.92 Å². The number of hydrogen-bond acceptors (Lipinski definition) is 4. The number of anilines is 1. The van der Waals surface area contributed by atoms with Gasteiger partial charge < -0.3 is 21.1 Å². The molecule has 0 heterocycles. The van der Waals surface area contributed by atoms with E-state index in [1.54, 1.807) is 49.5 Å². The standard InChI is InChI=1S/C18H19N3O4/c1-11-3-4-13(17(23)20-2)9-15(11)21-18(24)12-5-7-14(8-6-12)25-10-16(19)22/h3-9H,10H2,1-2H3,(H2,19,22)(H,20,23)(H,21,24). The Morgan fingerprint density at radius 3 is 2.24 bits per heavy atom. The Morgan fingerprint density at radius 1 is 1.00 bits per heavy atom. The number of carbonyl (C=O) groups excluding carboxylic acids is 3. The molecule has 0 bridgehead atoms. The summed E-state index contributed by atoms with van der Waals surface area (Å²) in [4.78, 5) is 34.8. The van der Waals surface area contributed by atoms with E-state index in [1.165, 1.54) is 0 Å². The first-order valence-corrected chi connectivity index (χ1v) is 7.56. The number of carbonyl (C=O) groups is 3. The smallest absolute Gasteiger partial charge is 0.255 e. The number of nitrogens with two attached hydrogens (primary N) is 1. The molecule has 0 aliphatic heterocycles. The van der Waals surface area contributed by atoms with E-state index in [1.807, 2.05) is 6.92 Å². The van der Waals surface area contributed by atoms with Crippen molar-refractivity contribution in [2.75, 3.05) is 19.0 Å². The van der Waals surface area contributed by atoms with Crippen LogP contribution in [0.3, 0.4) is 0 Å². The Bertz CT molecular complexity index is 800. The largest absolute Gasteiger partial charge is 0.484 e. The van der Waals surface area contributed by atoms with Crippen LogP contribution in [0.15, 0.2) is 42.5 Å². The Morgan fingerprint density at radius 2 is 1.64 bits per heavy atom. The van der Waals surface area contributed by atoms with E-state index in [4.69, 9.17) is 10.5 Å². The van der Waals surface area contributed by atoms with Gasteiger partial charge in [0.1, 0.15) is 5.75 Å². The zero-order valence-corrected chi connectivity index (χ0v) is 14.0. The quantitative estimate of drug-likeness (QED) is 0.739. The van der Waals surface area contributed by atoms with Crippen LogP contribution >= 0.6 is 0 Å². The van der Waals surface area contributed by atoms with Crippen LogP contribution in [0.25, 0.3) is 0 Å². The maximum absolute atomic E-state index is 12.4. The zero-order valence-electron chi connectivity index (χ0n) is 14.0. The molecule has 0 radical (unpaired) electrons. The second kappa shape index (κ2) is 7.96. The van der Waals surface area contributed by atoms with Gasteiger partial charge in [-0.05, 0) is 48.9 Å². The number of primary amides is 1. The van der Waals surface area contributed by atoms with Crippen molar-refractivity contribution in [1.29, 1.82) is 0 Å². The third-order valence-corrected chi connectivity index (χ3v) is 3.47. The number of benzene rings is 2. The minimum absolute atomic E-state index is 0.225. The van der Waals surface area contributed by atoms with Gasteiger partial charge in [-0.25, -0.2) is 0 Å². The number of nitrogens with one attached hydrogen (secondary N) is 2. The highest BCUT2D eigenvalue weighted by molar-refractivity contribution is 6.05. The van der Waals surface area contributed by atoms with Crippen molar-refractivity contribution in [3.63, 3.8) is 0 Å². The maximum Gasteiger partial charge on any atom is 0.255 e. The summed E-state index contributed by atoms with van der Waals surface area (Å²) in [5.41, 5.74) is 7.27. The summed E-state index contributed by atoms with van der Waals surface area (Å²) < 4.78 is 5.14. The fraction of sp³-hybridized carbons (Fsp3) is 0.167. The molecular weight excluding hydrogens is 322 g/mol. The van der Waals surface area contributed by atoms with E-state index in [0.717, 1.165) is 5.56 Å². The van der Waals surface area contributed by atoms with Gasteiger partial charge in [0.15, 0.2) is 6.61 Å². The normalized spacial score (nSPS) is 10.0. The third kappa shape index (κ3) is 4.81. The van der Waals surface area contributed by atoms with Crippen molar-refractivity contribution in [3.8, 4) is 5.75 Å². The highest BCUT2D eigenvalue weighted by Gasteiger charge is 2.11. The Hall–Kier alpha value is -3.35. The van der Waals surface area contributed by atoms with Crippen LogP contribution in [0.5, 0.6) is 5.75 Å². The molecule has 0 saturated heterocycles. The van der Waals surface area contributed by atoms with E-state index in [9.17, 15) is 14.4 Å². The molecule has 3 amide bonds. The molecule has 0 unspecified atom stereocenters. The molecule has 130 valence electrons. The summed E-state index contributed by atoms with van der Waals surface area (Å²) in [6, 6.07) is 11.4. The molecule has 0 saturated carbocycles. The molecule has 25 heavy (non-hydrogen) atoms. The van der Waals surface area contributed by atoms with Crippen molar-refractivity contribution in [3.05, 3.63) is 59.2 Å². The summed E-state index contributed by atoms with van der Waals surface area (Å²) in [6.07, 6.45) is 0. The Kier molecular flexibility index (Phi) is 5.73. The summed E-state index contributed by atoms with van der Waals surface area (Å²) in [5.74, 6) is -0.688. The van der Waals surface area contributed by atoms with Gasteiger partial charge >= 0.3 is 0 Å². The molecule has 0 aliphatic carbocycles. The van der Waals surface area contributed by atoms with E-state index in [2.05, 4.69) is 10.6 Å². The molecule has 0 aromatic heterocycles. The van der Waals surface area contributed by atoms with Crippen LogP contribution in [0.4, 0.5) is 5.69 Å². The van der Waals surface area contributed by atoms with Gasteiger partial charge in [-0.3, -0.25) is 14.4 Å². The van der Waals surface area contributed by atoms with Crippen LogP contribution < -0.4 is 21.1 Å². The average Bonchev–Trinajstić information content (AvgIpc) is 2.61. The van der Waals surface area contributed by atoms with Crippen molar-refractivity contribution >= 4 is 23.4 Å². The Labute approximate surface area is 145 Å². The molecule has 2 aromatic rings. The predicted octanol–water partition coefficient (Wildman–Crippen LogP) is 1.47. The van der Waals surface area contributed by atoms with Crippen molar-refractivity contribution in [2.24, 2.45) is 5.73 Å². The molecule has 0 spiro atoms. The zero-order chi connectivity index (χ0) is 18.4. The topological polar surface area (TPSA) is 111 Å². The van der Waals surface area contributed by atoms with Crippen molar-refractivity contribution < 1.29 is 19.1 Å². The van der Waals surface area contributed by atoms with Gasteiger partial charge in [0, 0.05) is 23.9 Å². The second-order valence-corrected chi connectivity index (χ2v) is 5.34. The minimum Gasteiger partial charge on any atom is -0.484 e. The van der Waals surface area contributed by atoms with Crippen LogP contribution in [-0.4, -0.2) is 31.4 Å². The number of hydrogen-bond donors (Lipinski definition) is 3. The highest BCUT2D eigenvalue weighted by Crippen LogP contribution is 2.19. The van der Waals surface area contributed by atoms with E-state index in [0.29, 0.717) is 22.6 Å². The highest BCUT2D eigenvalue weighted by atomic mass is 16.5. The first-order valence-electron chi connectivity index (χ1n) is 7.56. The lowest BCUT2D eigenvalue weighted by Gasteiger charge is -2.11. The maximum atomic E-state index is 12.4. The molecule has 0 aliphatic rings. The molecule has 2 rings (SSSR count). The molecule has 2 aromatic carbocycles. The first kappa shape index (κ1) is 18.0. The molecule has 7 heteroatoms.